The van der Waals surface area contributed by atoms with Gasteiger partial charge in [-0.2, -0.15) is 0 Å². The van der Waals surface area contributed by atoms with E-state index in [-0.39, 0.29) is 0 Å². The van der Waals surface area contributed by atoms with E-state index in [4.69, 9.17) is 5.11 Å². The number of unbranched alkanes of at least 4 members (excludes halogenated alkanes) is 4. The highest BCUT2D eigenvalue weighted by atomic mass is 16.4. The summed E-state index contributed by atoms with van der Waals surface area (Å²) in [5.74, 6) is -0.879. The Morgan fingerprint density at radius 3 is 2.27 bits per heavy atom. The summed E-state index contributed by atoms with van der Waals surface area (Å²) >= 11 is 0. The van der Waals surface area contributed by atoms with Crippen LogP contribution in [-0.4, -0.2) is 11.1 Å². The Bertz CT molecular complexity index is 599. The minimum Gasteiger partial charge on any atom is -0.478 e. The lowest BCUT2D eigenvalue weighted by atomic mass is 9.95. The summed E-state index contributed by atoms with van der Waals surface area (Å²) in [6.45, 7) is 2.23. The molecule has 2 aromatic carbocycles. The quantitative estimate of drug-likeness (QED) is 0.647. The van der Waals surface area contributed by atoms with Crippen molar-refractivity contribution in [1.29, 1.82) is 0 Å². The van der Waals surface area contributed by atoms with Gasteiger partial charge in [-0.05, 0) is 41.7 Å². The van der Waals surface area contributed by atoms with Gasteiger partial charge >= 0.3 is 5.97 Å². The number of aromatic carboxylic acids is 1. The van der Waals surface area contributed by atoms with Crippen molar-refractivity contribution in [1.82, 2.24) is 0 Å². The molecule has 0 aromatic heterocycles. The number of benzene rings is 2. The molecular formula is C20H24O2. The third-order valence-electron chi connectivity index (χ3n) is 4.01. The molecule has 2 rings (SSSR count). The molecule has 0 atom stereocenters. The SMILES string of the molecule is CCCCCCCc1ccccc1-c1ccc(C(=O)O)cc1. The first kappa shape index (κ1) is 16.3. The monoisotopic (exact) mass is 296 g/mol. The molecular weight excluding hydrogens is 272 g/mol. The topological polar surface area (TPSA) is 37.3 Å². The summed E-state index contributed by atoms with van der Waals surface area (Å²) in [4.78, 5) is 10.9. The Kier molecular flexibility index (Phi) is 6.20. The van der Waals surface area contributed by atoms with Gasteiger partial charge in [0.15, 0.2) is 0 Å². The Labute approximate surface area is 132 Å². The third kappa shape index (κ3) is 4.45. The van der Waals surface area contributed by atoms with E-state index in [1.807, 2.05) is 18.2 Å². The number of carbonyl (C=O) groups is 1. The van der Waals surface area contributed by atoms with Gasteiger partial charge in [-0.3, -0.25) is 0 Å². The number of rotatable bonds is 8. The summed E-state index contributed by atoms with van der Waals surface area (Å²) in [6, 6.07) is 15.6. The van der Waals surface area contributed by atoms with Crippen LogP contribution in [0.4, 0.5) is 0 Å². The molecule has 1 N–H and O–H groups in total. The highest BCUT2D eigenvalue weighted by Crippen LogP contribution is 2.25. The average molecular weight is 296 g/mol. The van der Waals surface area contributed by atoms with Gasteiger partial charge < -0.3 is 5.11 Å². The number of aryl methyl sites for hydroxylation is 1. The van der Waals surface area contributed by atoms with Crippen LogP contribution >= 0.6 is 0 Å². The van der Waals surface area contributed by atoms with Gasteiger partial charge in [0.2, 0.25) is 0 Å². The molecule has 0 radical (unpaired) electrons. The second kappa shape index (κ2) is 8.38. The number of hydrogen-bond donors (Lipinski definition) is 1. The van der Waals surface area contributed by atoms with E-state index < -0.39 is 5.97 Å². The van der Waals surface area contributed by atoms with E-state index >= 15 is 0 Å². The fourth-order valence-corrected chi connectivity index (χ4v) is 2.73. The lowest BCUT2D eigenvalue weighted by Gasteiger charge is -2.10. The molecule has 2 aromatic rings. The van der Waals surface area contributed by atoms with Crippen molar-refractivity contribution in [2.24, 2.45) is 0 Å². The molecule has 0 unspecified atom stereocenters. The molecule has 22 heavy (non-hydrogen) atoms. The van der Waals surface area contributed by atoms with Gasteiger partial charge in [-0.15, -0.1) is 0 Å². The van der Waals surface area contributed by atoms with Crippen LogP contribution < -0.4 is 0 Å². The van der Waals surface area contributed by atoms with Crippen molar-refractivity contribution in [2.75, 3.05) is 0 Å². The van der Waals surface area contributed by atoms with Crippen LogP contribution in [0.5, 0.6) is 0 Å². The molecule has 0 amide bonds. The van der Waals surface area contributed by atoms with Gasteiger partial charge in [0.1, 0.15) is 0 Å². The van der Waals surface area contributed by atoms with Crippen LogP contribution in [0.15, 0.2) is 48.5 Å². The maximum Gasteiger partial charge on any atom is 0.335 e. The largest absolute Gasteiger partial charge is 0.478 e. The molecule has 116 valence electrons. The number of carboxylic acid groups (broad SMARTS) is 1. The van der Waals surface area contributed by atoms with Crippen LogP contribution in [0.2, 0.25) is 0 Å². The Balaban J connectivity index is 2.08. The molecule has 0 saturated carbocycles. The fourth-order valence-electron chi connectivity index (χ4n) is 2.73. The number of carboxylic acids is 1. The Morgan fingerprint density at radius 1 is 0.909 bits per heavy atom. The second-order valence-corrected chi connectivity index (χ2v) is 5.70. The maximum atomic E-state index is 10.9. The van der Waals surface area contributed by atoms with Crippen LogP contribution in [0, 0.1) is 0 Å². The number of hydrogen-bond acceptors (Lipinski definition) is 1. The first-order valence-electron chi connectivity index (χ1n) is 8.14. The Hall–Kier alpha value is -2.09. The Morgan fingerprint density at radius 2 is 1.59 bits per heavy atom. The van der Waals surface area contributed by atoms with E-state index in [1.54, 1.807) is 12.1 Å². The van der Waals surface area contributed by atoms with Gasteiger partial charge in [0, 0.05) is 0 Å². The first-order chi connectivity index (χ1) is 10.7. The van der Waals surface area contributed by atoms with Crippen molar-refractivity contribution < 1.29 is 9.90 Å². The molecule has 2 heteroatoms. The molecule has 0 spiro atoms. The van der Waals surface area contributed by atoms with E-state index in [0.29, 0.717) is 5.56 Å². The zero-order valence-electron chi connectivity index (χ0n) is 13.2. The van der Waals surface area contributed by atoms with E-state index in [1.165, 1.54) is 43.2 Å². The van der Waals surface area contributed by atoms with E-state index in [0.717, 1.165) is 12.0 Å². The van der Waals surface area contributed by atoms with Crippen LogP contribution in [0.1, 0.15) is 54.9 Å². The zero-order chi connectivity index (χ0) is 15.8. The standard InChI is InChI=1S/C20H24O2/c1-2-3-4-5-6-9-16-10-7-8-11-19(16)17-12-14-18(15-13-17)20(21)22/h7-8,10-15H,2-6,9H2,1H3,(H,21,22). The summed E-state index contributed by atoms with van der Waals surface area (Å²) < 4.78 is 0. The van der Waals surface area contributed by atoms with Crippen LogP contribution in [0.25, 0.3) is 11.1 Å². The van der Waals surface area contributed by atoms with Crippen molar-refractivity contribution in [3.63, 3.8) is 0 Å². The minimum absolute atomic E-state index is 0.334. The summed E-state index contributed by atoms with van der Waals surface area (Å²) in [5.41, 5.74) is 3.99. The minimum atomic E-state index is -0.879. The highest BCUT2D eigenvalue weighted by molar-refractivity contribution is 5.88. The lowest BCUT2D eigenvalue weighted by molar-refractivity contribution is 0.0697. The molecule has 0 aliphatic carbocycles. The van der Waals surface area contributed by atoms with Crippen molar-refractivity contribution in [3.8, 4) is 11.1 Å². The molecule has 0 aliphatic rings. The predicted molar refractivity (Wildman–Crippen MR) is 91.3 cm³/mol. The van der Waals surface area contributed by atoms with Gasteiger partial charge in [0.25, 0.3) is 0 Å². The second-order valence-electron chi connectivity index (χ2n) is 5.70. The van der Waals surface area contributed by atoms with Crippen LogP contribution in [-0.2, 0) is 6.42 Å². The van der Waals surface area contributed by atoms with Crippen molar-refractivity contribution >= 4 is 5.97 Å². The summed E-state index contributed by atoms with van der Waals surface area (Å²) in [6.07, 6.45) is 7.47. The average Bonchev–Trinajstić information content (AvgIpc) is 2.55. The first-order valence-corrected chi connectivity index (χ1v) is 8.14. The fraction of sp³-hybridized carbons (Fsp3) is 0.350. The van der Waals surface area contributed by atoms with Crippen molar-refractivity contribution in [2.45, 2.75) is 45.4 Å². The van der Waals surface area contributed by atoms with E-state index in [9.17, 15) is 4.79 Å². The highest BCUT2D eigenvalue weighted by Gasteiger charge is 2.06. The summed E-state index contributed by atoms with van der Waals surface area (Å²) in [7, 11) is 0. The smallest absolute Gasteiger partial charge is 0.335 e. The molecule has 0 fully saturated rings. The summed E-state index contributed by atoms with van der Waals surface area (Å²) in [5, 5.41) is 8.99. The molecule has 0 heterocycles. The zero-order valence-corrected chi connectivity index (χ0v) is 13.2. The van der Waals surface area contributed by atoms with Gasteiger partial charge in [-0.25, -0.2) is 4.79 Å². The van der Waals surface area contributed by atoms with Gasteiger partial charge in [0.05, 0.1) is 5.56 Å². The third-order valence-corrected chi connectivity index (χ3v) is 4.01. The van der Waals surface area contributed by atoms with Crippen molar-refractivity contribution in [3.05, 3.63) is 59.7 Å². The molecule has 0 bridgehead atoms. The predicted octanol–water partition coefficient (Wildman–Crippen LogP) is 5.56. The lowest BCUT2D eigenvalue weighted by Crippen LogP contribution is -1.96. The van der Waals surface area contributed by atoms with Crippen LogP contribution in [0.3, 0.4) is 0 Å². The van der Waals surface area contributed by atoms with E-state index in [2.05, 4.69) is 25.1 Å². The normalized spacial score (nSPS) is 10.6. The maximum absolute atomic E-state index is 10.9. The molecule has 0 saturated heterocycles. The molecule has 0 aliphatic heterocycles. The molecule has 2 nitrogen and oxygen atoms in total. The van der Waals surface area contributed by atoms with Gasteiger partial charge in [-0.1, -0.05) is 69.0 Å².